The zero-order valence-electron chi connectivity index (χ0n) is 15.0. The summed E-state index contributed by atoms with van der Waals surface area (Å²) in [6.45, 7) is -0.133. The molecule has 3 atom stereocenters. The first-order valence-corrected chi connectivity index (χ1v) is 10.4. The van der Waals surface area contributed by atoms with E-state index in [1.165, 1.54) is 6.33 Å². The van der Waals surface area contributed by atoms with Crippen LogP contribution in [0.2, 0.25) is 0 Å². The Kier molecular flexibility index (Phi) is 5.02. The van der Waals surface area contributed by atoms with E-state index < -0.39 is 16.4 Å². The molecule has 0 bridgehead atoms. The van der Waals surface area contributed by atoms with Crippen LogP contribution in [0.5, 0.6) is 0 Å². The van der Waals surface area contributed by atoms with Crippen LogP contribution in [0.1, 0.15) is 18.9 Å². The molecule has 10 heteroatoms. The fourth-order valence-electron chi connectivity index (χ4n) is 3.69. The largest absolute Gasteiger partial charge is 0.393 e. The van der Waals surface area contributed by atoms with Crippen molar-refractivity contribution < 1.29 is 17.7 Å². The van der Waals surface area contributed by atoms with Crippen LogP contribution in [0.25, 0.3) is 11.0 Å². The Bertz CT molecular complexity index is 1070. The van der Waals surface area contributed by atoms with Crippen LogP contribution in [0, 0.1) is 5.92 Å². The lowest BCUT2D eigenvalue weighted by molar-refractivity contribution is 0.100. The first-order chi connectivity index (χ1) is 13.4. The highest BCUT2D eigenvalue weighted by Crippen LogP contribution is 2.38. The van der Waals surface area contributed by atoms with E-state index in [9.17, 15) is 13.5 Å². The number of aliphatic hydroxyl groups excluding tert-OH is 1. The van der Waals surface area contributed by atoms with Crippen LogP contribution < -0.4 is 10.5 Å². The van der Waals surface area contributed by atoms with Gasteiger partial charge in [0.05, 0.1) is 18.1 Å². The number of hydrogen-bond donors (Lipinski definition) is 3. The van der Waals surface area contributed by atoms with Crippen LogP contribution in [0.4, 0.5) is 11.5 Å². The third-order valence-corrected chi connectivity index (χ3v) is 5.48. The number of nitrogens with two attached hydrogens (primary N) is 1. The Morgan fingerprint density at radius 2 is 2.00 bits per heavy atom. The number of fused-ring (bicyclic) bond motifs is 1. The van der Waals surface area contributed by atoms with Crippen LogP contribution in [0.3, 0.4) is 0 Å². The second-order valence-corrected chi connectivity index (χ2v) is 8.12. The molecule has 0 radical (unpaired) electrons. The summed E-state index contributed by atoms with van der Waals surface area (Å²) in [5, 5.41) is 19.3. The number of aliphatic hydroxyl groups is 1. The molecule has 148 valence electrons. The number of rotatable bonds is 6. The van der Waals surface area contributed by atoms with Crippen LogP contribution in [0.15, 0.2) is 48.9 Å². The van der Waals surface area contributed by atoms with Crippen molar-refractivity contribution in [3.63, 3.8) is 0 Å². The van der Waals surface area contributed by atoms with Crippen molar-refractivity contribution in [3.8, 4) is 0 Å². The van der Waals surface area contributed by atoms with E-state index in [2.05, 4.69) is 19.5 Å². The van der Waals surface area contributed by atoms with Crippen LogP contribution >= 0.6 is 0 Å². The van der Waals surface area contributed by atoms with E-state index in [1.807, 2.05) is 47.2 Å². The predicted octanol–water partition coefficient (Wildman–Crippen LogP) is 1.71. The van der Waals surface area contributed by atoms with Crippen molar-refractivity contribution >= 4 is 32.8 Å². The predicted molar refractivity (Wildman–Crippen MR) is 104 cm³/mol. The maximum atomic E-state index is 11.0. The lowest BCUT2D eigenvalue weighted by Crippen LogP contribution is -2.24. The Morgan fingerprint density at radius 1 is 1.21 bits per heavy atom. The maximum Gasteiger partial charge on any atom is 0.333 e. The first kappa shape index (κ1) is 18.8. The molecule has 9 nitrogen and oxygen atoms in total. The minimum atomic E-state index is -4.02. The normalized spacial score (nSPS) is 22.6. The van der Waals surface area contributed by atoms with E-state index in [4.69, 9.17) is 5.14 Å². The van der Waals surface area contributed by atoms with Gasteiger partial charge < -0.3 is 15.0 Å². The zero-order valence-corrected chi connectivity index (χ0v) is 15.8. The van der Waals surface area contributed by atoms with Gasteiger partial charge in [-0.25, -0.2) is 15.1 Å². The van der Waals surface area contributed by atoms with Gasteiger partial charge in [-0.05, 0) is 31.0 Å². The summed E-state index contributed by atoms with van der Waals surface area (Å²) in [4.78, 5) is 8.75. The van der Waals surface area contributed by atoms with E-state index >= 15 is 0 Å². The third-order valence-electron chi connectivity index (χ3n) is 5.02. The van der Waals surface area contributed by atoms with E-state index in [1.54, 1.807) is 0 Å². The molecule has 28 heavy (non-hydrogen) atoms. The van der Waals surface area contributed by atoms with E-state index in [-0.39, 0.29) is 18.6 Å². The fraction of sp³-hybridized carbons (Fsp3) is 0.333. The summed E-state index contributed by atoms with van der Waals surface area (Å²) in [7, 11) is -4.02. The lowest BCUT2D eigenvalue weighted by Gasteiger charge is -2.14. The number of nitrogens with zero attached hydrogens (tertiary/aromatic N) is 3. The van der Waals surface area contributed by atoms with Crippen molar-refractivity contribution in [2.45, 2.75) is 25.0 Å². The molecule has 1 saturated carbocycles. The lowest BCUT2D eigenvalue weighted by atomic mass is 10.1. The Hall–Kier alpha value is -2.53. The van der Waals surface area contributed by atoms with Crippen LogP contribution in [-0.2, 0) is 14.5 Å². The van der Waals surface area contributed by atoms with Gasteiger partial charge in [-0.15, -0.1) is 0 Å². The van der Waals surface area contributed by atoms with E-state index in [0.717, 1.165) is 16.7 Å². The third kappa shape index (κ3) is 3.99. The summed E-state index contributed by atoms with van der Waals surface area (Å²) in [5.41, 5.74) is 1.67. The second-order valence-electron chi connectivity index (χ2n) is 6.90. The van der Waals surface area contributed by atoms with Crippen molar-refractivity contribution in [1.29, 1.82) is 0 Å². The number of benzene rings is 1. The SMILES string of the molecule is NS(=O)(=O)OC[C@@H]1C[C@@H](n2ccc3c(Nc4ccccc4)ncnc32)C[C@@H]1O. The summed E-state index contributed by atoms with van der Waals surface area (Å²) < 4.78 is 28.7. The molecule has 2 aromatic heterocycles. The van der Waals surface area contributed by atoms with Gasteiger partial charge in [0.2, 0.25) is 0 Å². The van der Waals surface area contributed by atoms with Crippen molar-refractivity contribution in [1.82, 2.24) is 14.5 Å². The molecule has 3 aromatic rings. The molecule has 4 rings (SSSR count). The molecule has 1 fully saturated rings. The molecule has 0 unspecified atom stereocenters. The summed E-state index contributed by atoms with van der Waals surface area (Å²) in [6, 6.07) is 11.6. The van der Waals surface area contributed by atoms with Crippen molar-refractivity contribution in [2.75, 3.05) is 11.9 Å². The monoisotopic (exact) mass is 403 g/mol. The molecular weight excluding hydrogens is 382 g/mol. The Morgan fingerprint density at radius 3 is 2.75 bits per heavy atom. The first-order valence-electron chi connectivity index (χ1n) is 8.89. The maximum absolute atomic E-state index is 11.0. The second kappa shape index (κ2) is 7.47. The topological polar surface area (TPSA) is 132 Å². The zero-order chi connectivity index (χ0) is 19.7. The van der Waals surface area contributed by atoms with Gasteiger partial charge in [-0.2, -0.15) is 8.42 Å². The minimum Gasteiger partial charge on any atom is -0.393 e. The Labute approximate surface area is 162 Å². The molecular formula is C18H21N5O4S. The summed E-state index contributed by atoms with van der Waals surface area (Å²) >= 11 is 0. The fourth-order valence-corrected chi connectivity index (χ4v) is 4.05. The van der Waals surface area contributed by atoms with Gasteiger partial charge in [0.25, 0.3) is 0 Å². The highest BCUT2D eigenvalue weighted by atomic mass is 32.2. The van der Waals surface area contributed by atoms with Gasteiger partial charge in [-0.3, -0.25) is 4.18 Å². The average molecular weight is 403 g/mol. The van der Waals surface area contributed by atoms with E-state index in [0.29, 0.717) is 18.7 Å². The van der Waals surface area contributed by atoms with Gasteiger partial charge in [0.1, 0.15) is 17.8 Å². The molecule has 0 spiro atoms. The number of nitrogens with one attached hydrogen (secondary N) is 1. The number of para-hydroxylation sites is 1. The molecule has 0 saturated heterocycles. The highest BCUT2D eigenvalue weighted by Gasteiger charge is 2.35. The van der Waals surface area contributed by atoms with Crippen LogP contribution in [-0.4, -0.2) is 40.8 Å². The average Bonchev–Trinajstić information content (AvgIpc) is 3.24. The van der Waals surface area contributed by atoms with Gasteiger partial charge in [-0.1, -0.05) is 18.2 Å². The van der Waals surface area contributed by atoms with Crippen molar-refractivity contribution in [3.05, 3.63) is 48.9 Å². The number of hydrogen-bond acceptors (Lipinski definition) is 7. The smallest absolute Gasteiger partial charge is 0.333 e. The molecule has 0 aliphatic heterocycles. The quantitative estimate of drug-likeness (QED) is 0.571. The number of aromatic nitrogens is 3. The molecule has 1 aliphatic carbocycles. The molecule has 1 aliphatic rings. The summed E-state index contributed by atoms with van der Waals surface area (Å²) in [6.07, 6.45) is 3.78. The van der Waals surface area contributed by atoms with Gasteiger partial charge >= 0.3 is 10.3 Å². The molecule has 1 aromatic carbocycles. The van der Waals surface area contributed by atoms with Gasteiger partial charge in [0.15, 0.2) is 0 Å². The minimum absolute atomic E-state index is 0.0268. The standard InChI is InChI=1S/C18H21N5O4S/c19-28(25,26)27-10-12-8-14(9-16(12)24)23-7-6-15-17(20-11-21-18(15)23)22-13-4-2-1-3-5-13/h1-7,11-12,14,16,24H,8-10H2,(H2,19,25,26)(H,20,21,22)/t12-,14+,16-/m0/s1. The van der Waals surface area contributed by atoms with Crippen molar-refractivity contribution in [2.24, 2.45) is 11.1 Å². The van der Waals surface area contributed by atoms with Gasteiger partial charge in [0, 0.05) is 23.8 Å². The molecule has 0 amide bonds. The molecule has 2 heterocycles. The molecule has 4 N–H and O–H groups in total. The Balaban J connectivity index is 1.56. The summed E-state index contributed by atoms with van der Waals surface area (Å²) in [5.74, 6) is 0.382. The number of anilines is 2. The highest BCUT2D eigenvalue weighted by molar-refractivity contribution is 7.84.